The van der Waals surface area contributed by atoms with E-state index in [1.54, 1.807) is 17.7 Å². The number of fused-ring (bicyclic) bond motifs is 1. The summed E-state index contributed by atoms with van der Waals surface area (Å²) in [5.74, 6) is 0.205. The molecule has 4 rings (SSSR count). The highest BCUT2D eigenvalue weighted by Gasteiger charge is 2.27. The molecule has 10 heteroatoms. The maximum atomic E-state index is 14.3. The Labute approximate surface area is 219 Å². The largest absolute Gasteiger partial charge is 0.487 e. The molecule has 2 heterocycles. The van der Waals surface area contributed by atoms with Crippen LogP contribution in [-0.4, -0.2) is 36.4 Å². The second-order valence-corrected chi connectivity index (χ2v) is 9.78. The van der Waals surface area contributed by atoms with Crippen molar-refractivity contribution in [3.63, 3.8) is 0 Å². The molecule has 0 aliphatic heterocycles. The Morgan fingerprint density at radius 1 is 1.30 bits per heavy atom. The molecule has 2 aromatic carbocycles. The molecule has 1 amide bonds. The van der Waals surface area contributed by atoms with Crippen molar-refractivity contribution in [3.05, 3.63) is 76.2 Å². The fourth-order valence-electron chi connectivity index (χ4n) is 4.09. The maximum Gasteiger partial charge on any atom is 0.251 e. The normalized spacial score (nSPS) is 12.5. The predicted molar refractivity (Wildman–Crippen MR) is 139 cm³/mol. The minimum absolute atomic E-state index is 0.00474. The molecule has 8 nitrogen and oxygen atoms in total. The monoisotopic (exact) mass is 525 g/mol. The van der Waals surface area contributed by atoms with Gasteiger partial charge in [-0.15, -0.1) is 0 Å². The van der Waals surface area contributed by atoms with Crippen molar-refractivity contribution in [1.29, 1.82) is 0 Å². The number of aryl methyl sites for hydroxylation is 2. The van der Waals surface area contributed by atoms with Gasteiger partial charge in [-0.3, -0.25) is 4.79 Å². The number of rotatable bonds is 8. The number of nitrogens with one attached hydrogen (secondary N) is 1. The zero-order valence-electron chi connectivity index (χ0n) is 21.3. The van der Waals surface area contributed by atoms with Crippen LogP contribution >= 0.6 is 11.6 Å². The van der Waals surface area contributed by atoms with Crippen LogP contribution in [-0.2, 0) is 17.8 Å². The van der Waals surface area contributed by atoms with E-state index in [2.05, 4.69) is 15.4 Å². The van der Waals surface area contributed by atoms with Gasteiger partial charge in [0.1, 0.15) is 41.4 Å². The SMILES string of the molecule is CCc1ncnn1-c1cc(C)nc2c(OCc3c(Cl)cc(F)cc3[C@H](C)NC(=O)C(C)(C)O)cccc12. The topological polar surface area (TPSA) is 102 Å². The molecule has 2 N–H and O–H groups in total. The molecule has 0 radical (unpaired) electrons. The number of pyridine rings is 1. The third kappa shape index (κ3) is 5.57. The number of amides is 1. The summed E-state index contributed by atoms with van der Waals surface area (Å²) in [4.78, 5) is 21.4. The summed E-state index contributed by atoms with van der Waals surface area (Å²) in [5, 5.41) is 18.1. The summed E-state index contributed by atoms with van der Waals surface area (Å²) in [5.41, 5.74) is 1.63. The zero-order chi connectivity index (χ0) is 26.9. The van der Waals surface area contributed by atoms with Crippen LogP contribution in [0.2, 0.25) is 5.02 Å². The Morgan fingerprint density at radius 2 is 2.05 bits per heavy atom. The van der Waals surface area contributed by atoms with Gasteiger partial charge in [0.2, 0.25) is 0 Å². The van der Waals surface area contributed by atoms with Crippen molar-refractivity contribution in [1.82, 2.24) is 25.1 Å². The fraction of sp³-hybridized carbons (Fsp3) is 0.333. The molecular formula is C27H29ClFN5O3. The molecule has 37 heavy (non-hydrogen) atoms. The van der Waals surface area contributed by atoms with Crippen molar-refractivity contribution in [2.75, 3.05) is 0 Å². The molecule has 0 saturated carbocycles. The van der Waals surface area contributed by atoms with Gasteiger partial charge in [0.25, 0.3) is 5.91 Å². The minimum atomic E-state index is -1.59. The molecule has 194 valence electrons. The lowest BCUT2D eigenvalue weighted by molar-refractivity contribution is -0.137. The number of benzene rings is 2. The molecule has 0 aliphatic carbocycles. The lowest BCUT2D eigenvalue weighted by atomic mass is 10.00. The quantitative estimate of drug-likeness (QED) is 0.335. The number of carbonyl (C=O) groups is 1. The van der Waals surface area contributed by atoms with Crippen molar-refractivity contribution in [2.24, 2.45) is 0 Å². The Balaban J connectivity index is 1.71. The molecule has 0 spiro atoms. The van der Waals surface area contributed by atoms with Gasteiger partial charge < -0.3 is 15.2 Å². The lowest BCUT2D eigenvalue weighted by Crippen LogP contribution is -2.43. The number of nitrogens with zero attached hydrogens (tertiary/aromatic N) is 4. The van der Waals surface area contributed by atoms with Gasteiger partial charge in [0.15, 0.2) is 0 Å². The maximum absolute atomic E-state index is 14.3. The summed E-state index contributed by atoms with van der Waals surface area (Å²) < 4.78 is 22.3. The van der Waals surface area contributed by atoms with Gasteiger partial charge in [-0.25, -0.2) is 19.0 Å². The highest BCUT2D eigenvalue weighted by molar-refractivity contribution is 6.31. The number of hydrogen-bond donors (Lipinski definition) is 2. The van der Waals surface area contributed by atoms with Crippen LogP contribution in [0.5, 0.6) is 5.75 Å². The number of ether oxygens (including phenoxy) is 1. The van der Waals surface area contributed by atoms with Gasteiger partial charge in [-0.1, -0.05) is 30.7 Å². The second kappa shape index (κ2) is 10.4. The number of carbonyl (C=O) groups excluding carboxylic acids is 1. The molecule has 0 unspecified atom stereocenters. The average molecular weight is 526 g/mol. The van der Waals surface area contributed by atoms with Crippen LogP contribution in [0.3, 0.4) is 0 Å². The number of hydrogen-bond acceptors (Lipinski definition) is 6. The minimum Gasteiger partial charge on any atom is -0.487 e. The average Bonchev–Trinajstić information content (AvgIpc) is 3.30. The predicted octanol–water partition coefficient (Wildman–Crippen LogP) is 5.01. The van der Waals surface area contributed by atoms with Gasteiger partial charge in [0, 0.05) is 23.1 Å². The standard InChI is InChI=1S/C27H29ClFN5O3/c1-6-24-30-14-31-34(24)22-10-15(2)32-25-18(22)8-7-9-23(25)37-13-20-19(11-17(29)12-21(20)28)16(3)33-26(35)27(4,5)36/h7-12,14,16,36H,6,13H2,1-5H3,(H,33,35)/t16-/m0/s1. The zero-order valence-corrected chi connectivity index (χ0v) is 22.1. The molecule has 2 aromatic heterocycles. The van der Waals surface area contributed by atoms with E-state index in [1.165, 1.54) is 32.3 Å². The van der Waals surface area contributed by atoms with Crippen LogP contribution in [0.25, 0.3) is 16.6 Å². The van der Waals surface area contributed by atoms with E-state index < -0.39 is 23.4 Å². The Hall–Kier alpha value is -3.56. The Kier molecular flexibility index (Phi) is 7.47. The number of para-hydroxylation sites is 1. The van der Waals surface area contributed by atoms with Crippen LogP contribution in [0.1, 0.15) is 56.4 Å². The first-order valence-electron chi connectivity index (χ1n) is 11.9. The van der Waals surface area contributed by atoms with Crippen LogP contribution < -0.4 is 10.1 Å². The summed E-state index contributed by atoms with van der Waals surface area (Å²) in [7, 11) is 0. The number of aromatic nitrogens is 4. The molecule has 1 atom stereocenters. The second-order valence-electron chi connectivity index (χ2n) is 9.37. The highest BCUT2D eigenvalue weighted by atomic mass is 35.5. The Morgan fingerprint density at radius 3 is 2.76 bits per heavy atom. The van der Waals surface area contributed by atoms with Gasteiger partial charge in [0.05, 0.1) is 16.8 Å². The molecule has 0 saturated heterocycles. The van der Waals surface area contributed by atoms with E-state index in [9.17, 15) is 14.3 Å². The highest BCUT2D eigenvalue weighted by Crippen LogP contribution is 2.32. The van der Waals surface area contributed by atoms with E-state index >= 15 is 0 Å². The van der Waals surface area contributed by atoms with Gasteiger partial charge in [-0.2, -0.15) is 5.10 Å². The summed E-state index contributed by atoms with van der Waals surface area (Å²) in [6.07, 6.45) is 2.24. The smallest absolute Gasteiger partial charge is 0.251 e. The van der Waals surface area contributed by atoms with Crippen LogP contribution in [0, 0.1) is 12.7 Å². The van der Waals surface area contributed by atoms with E-state index in [4.69, 9.17) is 21.3 Å². The molecule has 0 fully saturated rings. The summed E-state index contributed by atoms with van der Waals surface area (Å²) in [6, 6.07) is 9.43. The van der Waals surface area contributed by atoms with Crippen molar-refractivity contribution in [3.8, 4) is 11.4 Å². The van der Waals surface area contributed by atoms with Crippen molar-refractivity contribution in [2.45, 2.75) is 59.3 Å². The summed E-state index contributed by atoms with van der Waals surface area (Å²) in [6.45, 7) is 8.36. The van der Waals surface area contributed by atoms with E-state index in [0.29, 0.717) is 28.8 Å². The first-order valence-corrected chi connectivity index (χ1v) is 12.3. The van der Waals surface area contributed by atoms with Gasteiger partial charge in [-0.05, 0) is 57.5 Å². The van der Waals surface area contributed by atoms with E-state index in [0.717, 1.165) is 22.6 Å². The van der Waals surface area contributed by atoms with E-state index in [1.807, 2.05) is 32.0 Å². The molecule has 0 aliphatic rings. The third-order valence-electron chi connectivity index (χ3n) is 6.01. The van der Waals surface area contributed by atoms with E-state index in [-0.39, 0.29) is 11.6 Å². The Bertz CT molecular complexity index is 1460. The fourth-order valence-corrected chi connectivity index (χ4v) is 4.36. The number of halogens is 2. The third-order valence-corrected chi connectivity index (χ3v) is 6.35. The lowest BCUT2D eigenvalue weighted by Gasteiger charge is -2.23. The first kappa shape index (κ1) is 26.5. The molecular weight excluding hydrogens is 497 g/mol. The summed E-state index contributed by atoms with van der Waals surface area (Å²) >= 11 is 6.42. The molecule has 4 aromatic rings. The molecule has 0 bridgehead atoms. The number of aliphatic hydroxyl groups is 1. The van der Waals surface area contributed by atoms with Crippen molar-refractivity contribution >= 4 is 28.4 Å². The first-order chi connectivity index (χ1) is 17.5. The van der Waals surface area contributed by atoms with Crippen molar-refractivity contribution < 1.29 is 19.0 Å². The van der Waals surface area contributed by atoms with Gasteiger partial charge >= 0.3 is 0 Å². The van der Waals surface area contributed by atoms with Crippen LogP contribution in [0.4, 0.5) is 4.39 Å². The van der Waals surface area contributed by atoms with Crippen LogP contribution in [0.15, 0.2) is 42.7 Å².